The summed E-state index contributed by atoms with van der Waals surface area (Å²) in [5, 5.41) is 6.58. The fraction of sp³-hybridized carbons (Fsp3) is 0.471. The Labute approximate surface area is 144 Å². The summed E-state index contributed by atoms with van der Waals surface area (Å²) in [5.74, 6) is -0.609. The lowest BCUT2D eigenvalue weighted by Crippen LogP contribution is -2.39. The van der Waals surface area contributed by atoms with Crippen molar-refractivity contribution in [2.45, 2.75) is 46.1 Å². The topological polar surface area (TPSA) is 75.4 Å². The Morgan fingerprint density at radius 3 is 2.88 bits per heavy atom. The largest absolute Gasteiger partial charge is 0.359 e. The molecule has 0 unspecified atom stereocenters. The van der Waals surface area contributed by atoms with Gasteiger partial charge in [-0.3, -0.25) is 9.59 Å². The minimum absolute atomic E-state index is 0.00355. The normalized spacial score (nSPS) is 17.3. The van der Waals surface area contributed by atoms with Gasteiger partial charge in [0.25, 0.3) is 0 Å². The van der Waals surface area contributed by atoms with Gasteiger partial charge in [-0.1, -0.05) is 12.1 Å². The second kappa shape index (κ2) is 6.76. The lowest BCUT2D eigenvalue weighted by molar-refractivity contribution is -0.143. The summed E-state index contributed by atoms with van der Waals surface area (Å²) in [5.41, 5.74) is 1.17. The van der Waals surface area contributed by atoms with E-state index in [0.29, 0.717) is 30.1 Å². The molecule has 24 heavy (non-hydrogen) atoms. The maximum absolute atomic E-state index is 12.6. The molecule has 0 bridgehead atoms. The van der Waals surface area contributed by atoms with Crippen molar-refractivity contribution in [3.63, 3.8) is 0 Å². The second-order valence-corrected chi connectivity index (χ2v) is 7.29. The van der Waals surface area contributed by atoms with Crippen LogP contribution >= 0.6 is 11.3 Å². The van der Waals surface area contributed by atoms with E-state index in [0.717, 1.165) is 17.7 Å². The van der Waals surface area contributed by atoms with E-state index in [1.165, 1.54) is 4.88 Å². The number of anilines is 1. The first-order chi connectivity index (χ1) is 11.5. The van der Waals surface area contributed by atoms with Gasteiger partial charge in [-0.15, -0.1) is 11.3 Å². The summed E-state index contributed by atoms with van der Waals surface area (Å²) >= 11 is 1.68. The molecular formula is C17H21N3O3S. The van der Waals surface area contributed by atoms with Gasteiger partial charge >= 0.3 is 11.8 Å². The molecule has 0 aromatic carbocycles. The van der Waals surface area contributed by atoms with Gasteiger partial charge in [-0.2, -0.15) is 0 Å². The minimum Gasteiger partial charge on any atom is -0.359 e. The standard InChI is InChI=1S/C17H21N3O3S/c1-4-12-15(11(3)23-19-12)18-16(21)17(22)20-9-5-6-13(20)14-8-7-10(2)24-14/h7-8,13H,4-6,9H2,1-3H3,(H,18,21)/t13-/m0/s1. The van der Waals surface area contributed by atoms with Gasteiger partial charge in [-0.25, -0.2) is 0 Å². The Bertz CT molecular complexity index is 765. The summed E-state index contributed by atoms with van der Waals surface area (Å²) in [4.78, 5) is 29.1. The predicted molar refractivity (Wildman–Crippen MR) is 92.0 cm³/mol. The van der Waals surface area contributed by atoms with Crippen molar-refractivity contribution in [2.24, 2.45) is 0 Å². The third-order valence-electron chi connectivity index (χ3n) is 4.30. The van der Waals surface area contributed by atoms with Gasteiger partial charge in [0.1, 0.15) is 11.4 Å². The van der Waals surface area contributed by atoms with E-state index in [-0.39, 0.29) is 6.04 Å². The van der Waals surface area contributed by atoms with E-state index in [9.17, 15) is 9.59 Å². The van der Waals surface area contributed by atoms with Gasteiger partial charge in [0, 0.05) is 16.3 Å². The van der Waals surface area contributed by atoms with Crippen molar-refractivity contribution < 1.29 is 14.1 Å². The van der Waals surface area contributed by atoms with Crippen LogP contribution in [0.5, 0.6) is 0 Å². The van der Waals surface area contributed by atoms with E-state index in [1.807, 2.05) is 19.9 Å². The summed E-state index contributed by atoms with van der Waals surface area (Å²) in [6, 6.07) is 4.10. The molecule has 0 spiro atoms. The highest BCUT2D eigenvalue weighted by Crippen LogP contribution is 2.36. The molecule has 2 aromatic rings. The molecule has 2 aromatic heterocycles. The first-order valence-corrected chi connectivity index (χ1v) is 8.96. The van der Waals surface area contributed by atoms with Crippen LogP contribution in [0.15, 0.2) is 16.7 Å². The van der Waals surface area contributed by atoms with E-state index >= 15 is 0 Å². The number of likely N-dealkylation sites (tertiary alicyclic amines) is 1. The van der Waals surface area contributed by atoms with Crippen LogP contribution in [0.2, 0.25) is 0 Å². The van der Waals surface area contributed by atoms with Crippen LogP contribution in [0, 0.1) is 13.8 Å². The Morgan fingerprint density at radius 1 is 1.42 bits per heavy atom. The number of aromatic nitrogens is 1. The predicted octanol–water partition coefficient (Wildman–Crippen LogP) is 3.22. The van der Waals surface area contributed by atoms with Crippen LogP contribution in [-0.2, 0) is 16.0 Å². The van der Waals surface area contributed by atoms with Gasteiger partial charge in [0.05, 0.1) is 6.04 Å². The fourth-order valence-corrected chi connectivity index (χ4v) is 4.08. The van der Waals surface area contributed by atoms with Gasteiger partial charge in [0.2, 0.25) is 0 Å². The highest BCUT2D eigenvalue weighted by atomic mass is 32.1. The lowest BCUT2D eigenvalue weighted by Gasteiger charge is -2.23. The average Bonchev–Trinajstić information content (AvgIpc) is 3.27. The molecule has 0 saturated carbocycles. The molecule has 1 fully saturated rings. The van der Waals surface area contributed by atoms with E-state index < -0.39 is 11.8 Å². The van der Waals surface area contributed by atoms with Crippen LogP contribution in [0.1, 0.15) is 47.0 Å². The molecule has 0 aliphatic carbocycles. The van der Waals surface area contributed by atoms with E-state index in [2.05, 4.69) is 16.5 Å². The van der Waals surface area contributed by atoms with Crippen LogP contribution in [0.25, 0.3) is 0 Å². The average molecular weight is 347 g/mol. The van der Waals surface area contributed by atoms with E-state index in [4.69, 9.17) is 4.52 Å². The van der Waals surface area contributed by atoms with Gasteiger partial charge in [0.15, 0.2) is 5.76 Å². The molecular weight excluding hydrogens is 326 g/mol. The zero-order valence-electron chi connectivity index (χ0n) is 14.1. The zero-order chi connectivity index (χ0) is 17.3. The van der Waals surface area contributed by atoms with Crippen molar-refractivity contribution in [3.8, 4) is 0 Å². The maximum Gasteiger partial charge on any atom is 0.314 e. The number of nitrogens with zero attached hydrogens (tertiary/aromatic N) is 2. The molecule has 7 heteroatoms. The molecule has 2 amide bonds. The van der Waals surface area contributed by atoms with Crippen LogP contribution in [0.3, 0.4) is 0 Å². The highest BCUT2D eigenvalue weighted by Gasteiger charge is 2.34. The van der Waals surface area contributed by atoms with Crippen LogP contribution < -0.4 is 5.32 Å². The number of thiophene rings is 1. The molecule has 0 radical (unpaired) electrons. The molecule has 128 valence electrons. The number of rotatable bonds is 3. The van der Waals surface area contributed by atoms with Crippen LogP contribution in [-0.4, -0.2) is 28.4 Å². The summed E-state index contributed by atoms with van der Waals surface area (Å²) in [7, 11) is 0. The molecule has 1 aliphatic heterocycles. The van der Waals surface area contributed by atoms with Gasteiger partial charge < -0.3 is 14.7 Å². The Balaban J connectivity index is 1.75. The molecule has 1 aliphatic rings. The first-order valence-electron chi connectivity index (χ1n) is 8.14. The van der Waals surface area contributed by atoms with Crippen molar-refractivity contribution in [1.82, 2.24) is 10.1 Å². The summed E-state index contributed by atoms with van der Waals surface area (Å²) in [6.45, 7) is 6.30. The molecule has 6 nitrogen and oxygen atoms in total. The smallest absolute Gasteiger partial charge is 0.314 e. The number of nitrogens with one attached hydrogen (secondary N) is 1. The fourth-order valence-electron chi connectivity index (χ4n) is 3.06. The maximum atomic E-state index is 12.6. The molecule has 1 N–H and O–H groups in total. The van der Waals surface area contributed by atoms with Crippen molar-refractivity contribution >= 4 is 28.8 Å². The first kappa shape index (κ1) is 16.7. The number of carbonyl (C=O) groups excluding carboxylic acids is 2. The molecule has 1 saturated heterocycles. The summed E-state index contributed by atoms with van der Waals surface area (Å²) in [6.07, 6.45) is 2.43. The second-order valence-electron chi connectivity index (χ2n) is 5.97. The number of aryl methyl sites for hydroxylation is 3. The zero-order valence-corrected chi connectivity index (χ0v) is 14.9. The monoisotopic (exact) mass is 347 g/mol. The van der Waals surface area contributed by atoms with Crippen molar-refractivity contribution in [3.05, 3.63) is 33.3 Å². The Kier molecular flexibility index (Phi) is 4.71. The molecule has 1 atom stereocenters. The van der Waals surface area contributed by atoms with Gasteiger partial charge in [-0.05, 0) is 45.2 Å². The van der Waals surface area contributed by atoms with Crippen molar-refractivity contribution in [1.29, 1.82) is 0 Å². The highest BCUT2D eigenvalue weighted by molar-refractivity contribution is 7.12. The number of hydrogen-bond donors (Lipinski definition) is 1. The quantitative estimate of drug-likeness (QED) is 0.865. The SMILES string of the molecule is CCc1noc(C)c1NC(=O)C(=O)N1CCC[C@H]1c1ccc(C)s1. The molecule has 3 rings (SSSR count). The van der Waals surface area contributed by atoms with E-state index in [1.54, 1.807) is 23.2 Å². The summed E-state index contributed by atoms with van der Waals surface area (Å²) < 4.78 is 5.10. The Hall–Kier alpha value is -2.15. The number of carbonyl (C=O) groups is 2. The third-order valence-corrected chi connectivity index (χ3v) is 5.41. The number of hydrogen-bond acceptors (Lipinski definition) is 5. The number of amides is 2. The minimum atomic E-state index is -0.629. The lowest BCUT2D eigenvalue weighted by atomic mass is 10.2. The molecule has 3 heterocycles. The third kappa shape index (κ3) is 3.08. The van der Waals surface area contributed by atoms with Crippen molar-refractivity contribution in [2.75, 3.05) is 11.9 Å². The van der Waals surface area contributed by atoms with Crippen LogP contribution in [0.4, 0.5) is 5.69 Å². The Morgan fingerprint density at radius 2 is 2.21 bits per heavy atom.